The zero-order valence-corrected chi connectivity index (χ0v) is 17.2. The van der Waals surface area contributed by atoms with Crippen molar-refractivity contribution in [1.29, 1.82) is 0 Å². The van der Waals surface area contributed by atoms with Crippen molar-refractivity contribution >= 4 is 27.8 Å². The van der Waals surface area contributed by atoms with Gasteiger partial charge in [-0.2, -0.15) is 0 Å². The highest BCUT2D eigenvalue weighted by molar-refractivity contribution is 6.13. The van der Waals surface area contributed by atoms with Crippen LogP contribution in [-0.2, 0) is 4.74 Å². The molecule has 0 spiro atoms. The highest BCUT2D eigenvalue weighted by Crippen LogP contribution is 2.45. The second-order valence-corrected chi connectivity index (χ2v) is 6.55. The van der Waals surface area contributed by atoms with E-state index < -0.39 is 5.97 Å². The van der Waals surface area contributed by atoms with E-state index in [1.807, 2.05) is 30.3 Å². The van der Waals surface area contributed by atoms with Crippen LogP contribution in [0.3, 0.4) is 0 Å². The van der Waals surface area contributed by atoms with Crippen molar-refractivity contribution in [3.05, 3.63) is 48.2 Å². The molecule has 4 rings (SSSR count). The molecule has 7 nitrogen and oxygen atoms in total. The molecule has 0 amide bonds. The van der Waals surface area contributed by atoms with Crippen molar-refractivity contribution in [2.45, 2.75) is 6.92 Å². The van der Waals surface area contributed by atoms with E-state index in [0.29, 0.717) is 28.5 Å². The number of methoxy groups -OCH3 is 3. The second-order valence-electron chi connectivity index (χ2n) is 6.55. The molecule has 154 valence electrons. The number of esters is 1. The molecule has 2 heterocycles. The van der Waals surface area contributed by atoms with Crippen LogP contribution < -0.4 is 14.2 Å². The number of fused-ring (bicyclic) bond motifs is 3. The van der Waals surface area contributed by atoms with Gasteiger partial charge in [-0.05, 0) is 31.2 Å². The SMILES string of the molecule is CCOC(=O)c1cc2c([nH]c3ccccc32)c(-c2ccc(OC)c(OC)c2OC)n1. The maximum absolute atomic E-state index is 12.5. The molecule has 0 saturated carbocycles. The van der Waals surface area contributed by atoms with Gasteiger partial charge in [-0.15, -0.1) is 0 Å². The molecule has 0 fully saturated rings. The average molecular weight is 406 g/mol. The first kappa shape index (κ1) is 19.6. The van der Waals surface area contributed by atoms with Gasteiger partial charge in [-0.25, -0.2) is 9.78 Å². The minimum Gasteiger partial charge on any atom is -0.493 e. The fourth-order valence-electron chi connectivity index (χ4n) is 3.64. The summed E-state index contributed by atoms with van der Waals surface area (Å²) in [5, 5.41) is 1.86. The van der Waals surface area contributed by atoms with E-state index >= 15 is 0 Å². The number of rotatable bonds is 6. The van der Waals surface area contributed by atoms with Crippen LogP contribution >= 0.6 is 0 Å². The van der Waals surface area contributed by atoms with E-state index in [2.05, 4.69) is 9.97 Å². The number of benzene rings is 2. The molecular weight excluding hydrogens is 384 g/mol. The van der Waals surface area contributed by atoms with E-state index in [9.17, 15) is 4.79 Å². The van der Waals surface area contributed by atoms with E-state index in [-0.39, 0.29) is 12.3 Å². The molecule has 7 heteroatoms. The van der Waals surface area contributed by atoms with Crippen LogP contribution in [0.15, 0.2) is 42.5 Å². The summed E-state index contributed by atoms with van der Waals surface area (Å²) < 4.78 is 21.8. The van der Waals surface area contributed by atoms with Gasteiger partial charge in [-0.1, -0.05) is 18.2 Å². The van der Waals surface area contributed by atoms with Gasteiger partial charge >= 0.3 is 5.97 Å². The fraction of sp³-hybridized carbons (Fsp3) is 0.217. The Morgan fingerprint density at radius 1 is 0.967 bits per heavy atom. The third kappa shape index (κ3) is 3.08. The third-order valence-corrected chi connectivity index (χ3v) is 4.94. The first-order valence-electron chi connectivity index (χ1n) is 9.50. The molecule has 0 aliphatic rings. The quantitative estimate of drug-likeness (QED) is 0.472. The summed E-state index contributed by atoms with van der Waals surface area (Å²) in [5.41, 5.74) is 3.18. The van der Waals surface area contributed by atoms with Gasteiger partial charge in [-0.3, -0.25) is 0 Å². The van der Waals surface area contributed by atoms with Crippen molar-refractivity contribution in [2.75, 3.05) is 27.9 Å². The second kappa shape index (κ2) is 7.94. The minimum absolute atomic E-state index is 0.223. The zero-order valence-electron chi connectivity index (χ0n) is 17.2. The number of nitrogens with one attached hydrogen (secondary N) is 1. The minimum atomic E-state index is -0.481. The molecular formula is C23H22N2O5. The summed E-state index contributed by atoms with van der Waals surface area (Å²) in [6, 6.07) is 13.3. The van der Waals surface area contributed by atoms with Crippen LogP contribution in [0.4, 0.5) is 0 Å². The van der Waals surface area contributed by atoms with Crippen molar-refractivity contribution in [3.8, 4) is 28.5 Å². The number of hydrogen-bond donors (Lipinski definition) is 1. The van der Waals surface area contributed by atoms with Gasteiger partial charge in [0.15, 0.2) is 11.5 Å². The Kier molecular flexibility index (Phi) is 5.18. The van der Waals surface area contributed by atoms with Gasteiger partial charge in [0.25, 0.3) is 0 Å². The lowest BCUT2D eigenvalue weighted by Gasteiger charge is -2.16. The molecule has 0 bridgehead atoms. The summed E-state index contributed by atoms with van der Waals surface area (Å²) in [7, 11) is 4.66. The Hall–Kier alpha value is -3.74. The summed E-state index contributed by atoms with van der Waals surface area (Å²) in [4.78, 5) is 20.6. The lowest BCUT2D eigenvalue weighted by molar-refractivity contribution is 0.0520. The lowest BCUT2D eigenvalue weighted by Crippen LogP contribution is -2.08. The maximum atomic E-state index is 12.5. The Bertz CT molecular complexity index is 1250. The molecule has 4 aromatic rings. The van der Waals surface area contributed by atoms with Gasteiger partial charge in [0, 0.05) is 21.9 Å². The molecule has 0 saturated heterocycles. The Labute approximate surface area is 173 Å². The van der Waals surface area contributed by atoms with Gasteiger partial charge in [0.05, 0.1) is 39.1 Å². The Balaban J connectivity index is 2.08. The number of pyridine rings is 1. The number of para-hydroxylation sites is 1. The Morgan fingerprint density at radius 2 is 1.73 bits per heavy atom. The molecule has 2 aromatic heterocycles. The Morgan fingerprint density at radius 3 is 2.43 bits per heavy atom. The van der Waals surface area contributed by atoms with E-state index in [0.717, 1.165) is 21.8 Å². The highest BCUT2D eigenvalue weighted by Gasteiger charge is 2.23. The maximum Gasteiger partial charge on any atom is 0.356 e. The van der Waals surface area contributed by atoms with Crippen LogP contribution in [0, 0.1) is 0 Å². The van der Waals surface area contributed by atoms with Crippen LogP contribution in [0.1, 0.15) is 17.4 Å². The van der Waals surface area contributed by atoms with Crippen molar-refractivity contribution in [2.24, 2.45) is 0 Å². The summed E-state index contributed by atoms with van der Waals surface area (Å²) in [6.45, 7) is 2.03. The number of aromatic nitrogens is 2. The largest absolute Gasteiger partial charge is 0.493 e. The average Bonchev–Trinajstić information content (AvgIpc) is 3.16. The van der Waals surface area contributed by atoms with E-state index in [1.165, 1.54) is 0 Å². The van der Waals surface area contributed by atoms with Gasteiger partial charge in [0.1, 0.15) is 5.69 Å². The van der Waals surface area contributed by atoms with Crippen molar-refractivity contribution < 1.29 is 23.7 Å². The number of ether oxygens (including phenoxy) is 4. The molecule has 0 unspecified atom stereocenters. The number of carbonyl (C=O) groups excluding carboxylic acids is 1. The molecule has 1 N–H and O–H groups in total. The third-order valence-electron chi connectivity index (χ3n) is 4.94. The summed E-state index contributed by atoms with van der Waals surface area (Å²) in [6.07, 6.45) is 0. The van der Waals surface area contributed by atoms with Crippen molar-refractivity contribution in [3.63, 3.8) is 0 Å². The standard InChI is InChI=1S/C23H22N2O5/c1-5-30-23(26)17-12-15-13-8-6-7-9-16(13)24-20(15)19(25-17)14-10-11-18(27-2)22(29-4)21(14)28-3/h6-12,24H,5H2,1-4H3. The van der Waals surface area contributed by atoms with Crippen LogP contribution in [0.2, 0.25) is 0 Å². The number of aromatic amines is 1. The molecule has 0 radical (unpaired) electrons. The molecule has 0 aliphatic carbocycles. The molecule has 0 aliphatic heterocycles. The zero-order chi connectivity index (χ0) is 21.3. The number of hydrogen-bond acceptors (Lipinski definition) is 6. The van der Waals surface area contributed by atoms with Crippen LogP contribution in [0.25, 0.3) is 33.1 Å². The van der Waals surface area contributed by atoms with Gasteiger partial charge in [0.2, 0.25) is 5.75 Å². The van der Waals surface area contributed by atoms with Crippen molar-refractivity contribution in [1.82, 2.24) is 9.97 Å². The number of nitrogens with zero attached hydrogens (tertiary/aromatic N) is 1. The topological polar surface area (TPSA) is 82.7 Å². The normalized spacial score (nSPS) is 10.9. The molecule has 0 atom stereocenters. The predicted octanol–water partition coefficient (Wildman–Crippen LogP) is 4.59. The lowest BCUT2D eigenvalue weighted by atomic mass is 10.0. The van der Waals surface area contributed by atoms with Crippen LogP contribution in [0.5, 0.6) is 17.2 Å². The van der Waals surface area contributed by atoms with E-state index in [4.69, 9.17) is 18.9 Å². The summed E-state index contributed by atoms with van der Waals surface area (Å²) >= 11 is 0. The first-order valence-corrected chi connectivity index (χ1v) is 9.50. The predicted molar refractivity (Wildman–Crippen MR) is 115 cm³/mol. The first-order chi connectivity index (χ1) is 14.6. The smallest absolute Gasteiger partial charge is 0.356 e. The van der Waals surface area contributed by atoms with Gasteiger partial charge < -0.3 is 23.9 Å². The fourth-order valence-corrected chi connectivity index (χ4v) is 3.64. The monoisotopic (exact) mass is 406 g/mol. The number of H-pyrrole nitrogens is 1. The summed E-state index contributed by atoms with van der Waals surface area (Å²) in [5.74, 6) is 0.966. The molecule has 30 heavy (non-hydrogen) atoms. The van der Waals surface area contributed by atoms with Crippen LogP contribution in [-0.4, -0.2) is 43.9 Å². The number of carbonyl (C=O) groups is 1. The molecule has 2 aromatic carbocycles. The van der Waals surface area contributed by atoms with E-state index in [1.54, 1.807) is 40.4 Å². The highest BCUT2D eigenvalue weighted by atomic mass is 16.5.